The van der Waals surface area contributed by atoms with Crippen molar-refractivity contribution in [2.24, 2.45) is 17.8 Å². The molecule has 0 radical (unpaired) electrons. The van der Waals surface area contributed by atoms with Crippen molar-refractivity contribution in [3.63, 3.8) is 0 Å². The highest BCUT2D eigenvalue weighted by molar-refractivity contribution is 9.10. The van der Waals surface area contributed by atoms with Crippen LogP contribution in [0.2, 0.25) is 0 Å². The smallest absolute Gasteiger partial charge is 0.177 e. The normalized spacial score (nSPS) is 32.2. The molecule has 16 heavy (non-hydrogen) atoms. The number of carbonyl (C=O) groups is 1. The van der Waals surface area contributed by atoms with Crippen LogP contribution in [-0.2, 0) is 0 Å². The Morgan fingerprint density at radius 3 is 2.75 bits per heavy atom. The van der Waals surface area contributed by atoms with E-state index in [0.717, 1.165) is 21.7 Å². The standard InChI is InChI=1S/C13H15BrOS/c1-7-4-11(14)13(16-7)12(15)10-6-8-2-3-9(10)5-8/h4,8-10H,2-3,5-6H2,1H3. The van der Waals surface area contributed by atoms with E-state index < -0.39 is 0 Å². The number of Topliss-reactive ketones (excluding diaryl/α,β-unsaturated/α-hetero) is 1. The molecule has 3 unspecified atom stereocenters. The minimum Gasteiger partial charge on any atom is -0.293 e. The Balaban J connectivity index is 1.86. The third-order valence-electron chi connectivity index (χ3n) is 4.11. The Bertz CT molecular complexity index is 437. The first kappa shape index (κ1) is 11.0. The molecule has 2 saturated carbocycles. The third-order valence-corrected chi connectivity index (χ3v) is 6.06. The number of fused-ring (bicyclic) bond motifs is 2. The van der Waals surface area contributed by atoms with E-state index in [-0.39, 0.29) is 0 Å². The predicted molar refractivity (Wildman–Crippen MR) is 70.0 cm³/mol. The largest absolute Gasteiger partial charge is 0.293 e. The number of aryl methyl sites for hydroxylation is 1. The van der Waals surface area contributed by atoms with Crippen LogP contribution in [0.4, 0.5) is 0 Å². The number of rotatable bonds is 2. The number of ketones is 1. The Morgan fingerprint density at radius 2 is 2.25 bits per heavy atom. The molecule has 0 amide bonds. The summed E-state index contributed by atoms with van der Waals surface area (Å²) in [6.45, 7) is 2.06. The molecule has 1 aromatic rings. The second-order valence-corrected chi connectivity index (χ2v) is 7.29. The first-order valence-electron chi connectivity index (χ1n) is 5.95. The Labute approximate surface area is 108 Å². The molecule has 1 heterocycles. The maximum atomic E-state index is 12.5. The molecule has 3 rings (SSSR count). The summed E-state index contributed by atoms with van der Waals surface area (Å²) in [5.74, 6) is 2.26. The first-order valence-corrected chi connectivity index (χ1v) is 7.56. The minimum absolute atomic E-state index is 0.327. The van der Waals surface area contributed by atoms with Gasteiger partial charge in [0.15, 0.2) is 5.78 Å². The second-order valence-electron chi connectivity index (χ2n) is 5.18. The molecule has 0 spiro atoms. The fourth-order valence-electron chi connectivity index (χ4n) is 3.39. The van der Waals surface area contributed by atoms with Gasteiger partial charge in [-0.2, -0.15) is 0 Å². The van der Waals surface area contributed by atoms with Crippen LogP contribution in [0.1, 0.15) is 40.2 Å². The van der Waals surface area contributed by atoms with E-state index in [1.165, 1.54) is 24.1 Å². The van der Waals surface area contributed by atoms with E-state index in [0.29, 0.717) is 17.6 Å². The lowest BCUT2D eigenvalue weighted by atomic mass is 9.85. The summed E-state index contributed by atoms with van der Waals surface area (Å²) in [6, 6.07) is 2.06. The summed E-state index contributed by atoms with van der Waals surface area (Å²) in [5.41, 5.74) is 0. The van der Waals surface area contributed by atoms with Gasteiger partial charge in [0, 0.05) is 15.3 Å². The third kappa shape index (κ3) is 1.68. The molecular formula is C13H15BrOS. The van der Waals surface area contributed by atoms with Gasteiger partial charge in [-0.25, -0.2) is 0 Å². The molecule has 0 N–H and O–H groups in total. The van der Waals surface area contributed by atoms with Gasteiger partial charge in [0.1, 0.15) is 0 Å². The van der Waals surface area contributed by atoms with Gasteiger partial charge >= 0.3 is 0 Å². The van der Waals surface area contributed by atoms with Crippen molar-refractivity contribution in [1.29, 1.82) is 0 Å². The molecule has 2 aliphatic carbocycles. The van der Waals surface area contributed by atoms with Crippen molar-refractivity contribution in [2.75, 3.05) is 0 Å². The number of hydrogen-bond donors (Lipinski definition) is 0. The molecule has 2 bridgehead atoms. The number of halogens is 1. The average Bonchev–Trinajstić information content (AvgIpc) is 2.91. The number of carbonyl (C=O) groups excluding carboxylic acids is 1. The van der Waals surface area contributed by atoms with E-state index >= 15 is 0 Å². The monoisotopic (exact) mass is 298 g/mol. The quantitative estimate of drug-likeness (QED) is 0.738. The summed E-state index contributed by atoms with van der Waals surface area (Å²) in [5, 5.41) is 0. The van der Waals surface area contributed by atoms with E-state index in [2.05, 4.69) is 28.9 Å². The maximum Gasteiger partial charge on any atom is 0.177 e. The SMILES string of the molecule is Cc1cc(Br)c(C(=O)C2CC3CCC2C3)s1. The molecule has 2 aliphatic rings. The van der Waals surface area contributed by atoms with Crippen molar-refractivity contribution < 1.29 is 4.79 Å². The molecular weight excluding hydrogens is 284 g/mol. The van der Waals surface area contributed by atoms with Crippen LogP contribution < -0.4 is 0 Å². The maximum absolute atomic E-state index is 12.5. The molecule has 2 fully saturated rings. The van der Waals surface area contributed by atoms with Crippen molar-refractivity contribution >= 4 is 33.0 Å². The molecule has 0 aliphatic heterocycles. The summed E-state index contributed by atoms with van der Waals surface area (Å²) in [7, 11) is 0. The lowest BCUT2D eigenvalue weighted by molar-refractivity contribution is 0.0878. The molecule has 0 saturated heterocycles. The van der Waals surface area contributed by atoms with E-state index in [1.807, 2.05) is 0 Å². The van der Waals surface area contributed by atoms with Crippen LogP contribution in [0.25, 0.3) is 0 Å². The van der Waals surface area contributed by atoms with Crippen LogP contribution in [0, 0.1) is 24.7 Å². The predicted octanol–water partition coefficient (Wildman–Crippen LogP) is 4.44. The van der Waals surface area contributed by atoms with Gasteiger partial charge in [0.05, 0.1) is 4.88 Å². The van der Waals surface area contributed by atoms with Gasteiger partial charge in [-0.1, -0.05) is 6.42 Å². The Morgan fingerprint density at radius 1 is 1.44 bits per heavy atom. The van der Waals surface area contributed by atoms with Crippen LogP contribution >= 0.6 is 27.3 Å². The molecule has 3 heteroatoms. The summed E-state index contributed by atoms with van der Waals surface area (Å²) in [4.78, 5) is 14.6. The lowest BCUT2D eigenvalue weighted by Crippen LogP contribution is -2.20. The number of hydrogen-bond acceptors (Lipinski definition) is 2. The fourth-order valence-corrected chi connectivity index (χ4v) is 5.23. The highest BCUT2D eigenvalue weighted by Gasteiger charge is 2.43. The Kier molecular flexibility index (Phi) is 2.71. The lowest BCUT2D eigenvalue weighted by Gasteiger charge is -2.19. The topological polar surface area (TPSA) is 17.1 Å². The van der Waals surface area contributed by atoms with Crippen molar-refractivity contribution in [3.8, 4) is 0 Å². The second kappa shape index (κ2) is 3.95. The molecule has 1 nitrogen and oxygen atoms in total. The molecule has 86 valence electrons. The van der Waals surface area contributed by atoms with Gasteiger partial charge in [-0.3, -0.25) is 4.79 Å². The zero-order valence-electron chi connectivity index (χ0n) is 9.33. The fraction of sp³-hybridized carbons (Fsp3) is 0.615. The highest BCUT2D eigenvalue weighted by atomic mass is 79.9. The van der Waals surface area contributed by atoms with Crippen LogP contribution in [-0.4, -0.2) is 5.78 Å². The van der Waals surface area contributed by atoms with Crippen LogP contribution in [0.5, 0.6) is 0 Å². The molecule has 3 atom stereocenters. The van der Waals surface area contributed by atoms with Gasteiger partial charge in [0.2, 0.25) is 0 Å². The zero-order valence-corrected chi connectivity index (χ0v) is 11.7. The van der Waals surface area contributed by atoms with Gasteiger partial charge < -0.3 is 0 Å². The first-order chi connectivity index (χ1) is 7.65. The Hall–Kier alpha value is -0.150. The van der Waals surface area contributed by atoms with Crippen molar-refractivity contribution in [2.45, 2.75) is 32.6 Å². The van der Waals surface area contributed by atoms with E-state index in [4.69, 9.17) is 0 Å². The van der Waals surface area contributed by atoms with Gasteiger partial charge in [0.25, 0.3) is 0 Å². The minimum atomic E-state index is 0.327. The van der Waals surface area contributed by atoms with Crippen molar-refractivity contribution in [1.82, 2.24) is 0 Å². The van der Waals surface area contributed by atoms with E-state index in [1.54, 1.807) is 11.3 Å². The number of thiophene rings is 1. The summed E-state index contributed by atoms with van der Waals surface area (Å²) >= 11 is 5.15. The van der Waals surface area contributed by atoms with Crippen molar-refractivity contribution in [3.05, 3.63) is 20.3 Å². The van der Waals surface area contributed by atoms with Crippen LogP contribution in [0.15, 0.2) is 10.5 Å². The summed E-state index contributed by atoms with van der Waals surface area (Å²) in [6.07, 6.45) is 5.09. The molecule has 1 aromatic heterocycles. The average molecular weight is 299 g/mol. The zero-order chi connectivity index (χ0) is 11.3. The van der Waals surface area contributed by atoms with E-state index in [9.17, 15) is 4.79 Å². The summed E-state index contributed by atoms with van der Waals surface area (Å²) < 4.78 is 1.00. The van der Waals surface area contributed by atoms with Gasteiger partial charge in [-0.05, 0) is 60.0 Å². The highest BCUT2D eigenvalue weighted by Crippen LogP contribution is 2.50. The van der Waals surface area contributed by atoms with Gasteiger partial charge in [-0.15, -0.1) is 11.3 Å². The van der Waals surface area contributed by atoms with Crippen LogP contribution in [0.3, 0.4) is 0 Å². The molecule has 0 aromatic carbocycles.